The zero-order valence-corrected chi connectivity index (χ0v) is 18.7. The number of furan rings is 1. The highest BCUT2D eigenvalue weighted by Crippen LogP contribution is 2.35. The summed E-state index contributed by atoms with van der Waals surface area (Å²) in [5.74, 6) is 0.209. The summed E-state index contributed by atoms with van der Waals surface area (Å²) in [6, 6.07) is 15.6. The summed E-state index contributed by atoms with van der Waals surface area (Å²) >= 11 is 12.9. The molecule has 1 aromatic heterocycles. The maximum atomic E-state index is 12.7. The molecule has 0 atom stereocenters. The van der Waals surface area contributed by atoms with Gasteiger partial charge in [-0.3, -0.25) is 9.69 Å². The first-order valence-corrected chi connectivity index (χ1v) is 10.9. The molecule has 1 aliphatic heterocycles. The van der Waals surface area contributed by atoms with Gasteiger partial charge in [-0.25, -0.2) is 4.79 Å². The summed E-state index contributed by atoms with van der Waals surface area (Å²) < 4.78 is 11.2. The Morgan fingerprint density at radius 1 is 1.23 bits per heavy atom. The summed E-state index contributed by atoms with van der Waals surface area (Å²) in [5, 5.41) is 0.264. The number of amides is 1. The molecule has 0 saturated carbocycles. The Hall–Kier alpha value is -2.87. The van der Waals surface area contributed by atoms with E-state index >= 15 is 0 Å². The highest BCUT2D eigenvalue weighted by molar-refractivity contribution is 8.26. The van der Waals surface area contributed by atoms with Gasteiger partial charge in [0.25, 0.3) is 5.91 Å². The SMILES string of the molecule is Cc1ccc(C(=O)Oc2ccc(C=C3SC(=S)N(Cc4ccco4)C3=O)cc2Cl)cc1. The average molecular weight is 470 g/mol. The van der Waals surface area contributed by atoms with E-state index in [1.54, 1.807) is 54.8 Å². The van der Waals surface area contributed by atoms with E-state index in [1.807, 2.05) is 19.1 Å². The lowest BCUT2D eigenvalue weighted by Gasteiger charge is -2.12. The summed E-state index contributed by atoms with van der Waals surface area (Å²) in [6.45, 7) is 2.22. The number of thiocarbonyl (C=S) groups is 1. The van der Waals surface area contributed by atoms with Gasteiger partial charge in [-0.2, -0.15) is 0 Å². The molecule has 1 aliphatic rings. The van der Waals surface area contributed by atoms with Crippen molar-refractivity contribution in [2.45, 2.75) is 13.5 Å². The Balaban J connectivity index is 1.48. The molecular weight excluding hydrogens is 454 g/mol. The van der Waals surface area contributed by atoms with Crippen LogP contribution in [0.25, 0.3) is 6.08 Å². The molecule has 0 radical (unpaired) electrons. The van der Waals surface area contributed by atoms with Gasteiger partial charge in [0, 0.05) is 0 Å². The molecule has 1 saturated heterocycles. The first-order chi connectivity index (χ1) is 14.9. The maximum Gasteiger partial charge on any atom is 0.343 e. The van der Waals surface area contributed by atoms with Crippen molar-refractivity contribution in [3.8, 4) is 5.75 Å². The van der Waals surface area contributed by atoms with Crippen LogP contribution in [-0.4, -0.2) is 21.1 Å². The number of nitrogens with zero attached hydrogens (tertiary/aromatic N) is 1. The number of halogens is 1. The van der Waals surface area contributed by atoms with Crippen molar-refractivity contribution in [2.75, 3.05) is 0 Å². The van der Waals surface area contributed by atoms with E-state index in [0.717, 1.165) is 5.56 Å². The first kappa shape index (κ1) is 21.4. The number of aryl methyl sites for hydroxylation is 1. The van der Waals surface area contributed by atoms with E-state index < -0.39 is 5.97 Å². The Morgan fingerprint density at radius 3 is 2.68 bits per heavy atom. The number of carbonyl (C=O) groups is 2. The van der Waals surface area contributed by atoms with Crippen LogP contribution < -0.4 is 4.74 Å². The number of carbonyl (C=O) groups excluding carboxylic acids is 2. The number of thioether (sulfide) groups is 1. The third kappa shape index (κ3) is 4.90. The van der Waals surface area contributed by atoms with E-state index in [4.69, 9.17) is 33.0 Å². The molecule has 0 bridgehead atoms. The fourth-order valence-corrected chi connectivity index (χ4v) is 4.37. The summed E-state index contributed by atoms with van der Waals surface area (Å²) in [4.78, 5) is 27.0. The molecule has 31 heavy (non-hydrogen) atoms. The van der Waals surface area contributed by atoms with Crippen molar-refractivity contribution in [3.05, 3.63) is 93.2 Å². The molecule has 8 heteroatoms. The van der Waals surface area contributed by atoms with Gasteiger partial charge in [0.2, 0.25) is 0 Å². The summed E-state index contributed by atoms with van der Waals surface area (Å²) in [5.41, 5.74) is 2.18. The smallest absolute Gasteiger partial charge is 0.343 e. The minimum absolute atomic E-state index is 0.197. The average Bonchev–Trinajstić information content (AvgIpc) is 3.35. The van der Waals surface area contributed by atoms with E-state index in [2.05, 4.69) is 0 Å². The quantitative estimate of drug-likeness (QED) is 0.202. The lowest BCUT2D eigenvalue weighted by Crippen LogP contribution is -2.27. The predicted molar refractivity (Wildman–Crippen MR) is 125 cm³/mol. The van der Waals surface area contributed by atoms with Crippen LogP contribution in [0.15, 0.2) is 70.2 Å². The molecule has 1 fully saturated rings. The minimum Gasteiger partial charge on any atom is -0.467 e. The van der Waals surface area contributed by atoms with Gasteiger partial charge in [0.1, 0.15) is 15.8 Å². The largest absolute Gasteiger partial charge is 0.467 e. The minimum atomic E-state index is -0.492. The van der Waals surface area contributed by atoms with Gasteiger partial charge in [-0.15, -0.1) is 0 Å². The third-order valence-corrected chi connectivity index (χ3v) is 6.18. The standard InChI is InChI=1S/C23H16ClNO4S2/c1-14-4-7-16(8-5-14)22(27)29-19-9-6-15(11-18(19)24)12-20-21(26)25(23(30)31-20)13-17-3-2-10-28-17/h2-12H,13H2,1H3. The lowest BCUT2D eigenvalue weighted by atomic mass is 10.1. The van der Waals surface area contributed by atoms with Crippen molar-refractivity contribution in [2.24, 2.45) is 0 Å². The summed E-state index contributed by atoms with van der Waals surface area (Å²) in [7, 11) is 0. The molecule has 2 heterocycles. The number of esters is 1. The third-order valence-electron chi connectivity index (χ3n) is 4.51. The van der Waals surface area contributed by atoms with Crippen LogP contribution in [-0.2, 0) is 11.3 Å². The van der Waals surface area contributed by atoms with Gasteiger partial charge < -0.3 is 9.15 Å². The number of hydrogen-bond donors (Lipinski definition) is 0. The molecule has 156 valence electrons. The highest BCUT2D eigenvalue weighted by atomic mass is 35.5. The van der Waals surface area contributed by atoms with Crippen molar-refractivity contribution in [1.29, 1.82) is 0 Å². The highest BCUT2D eigenvalue weighted by Gasteiger charge is 2.32. The Kier molecular flexibility index (Phi) is 6.27. The van der Waals surface area contributed by atoms with Crippen LogP contribution >= 0.6 is 35.6 Å². The predicted octanol–water partition coefficient (Wildman–Crippen LogP) is 5.86. The second-order valence-electron chi connectivity index (χ2n) is 6.79. The Bertz CT molecular complexity index is 1190. The fraction of sp³-hybridized carbons (Fsp3) is 0.0870. The first-order valence-electron chi connectivity index (χ1n) is 9.27. The molecule has 3 aromatic rings. The second kappa shape index (κ2) is 9.09. The van der Waals surface area contributed by atoms with E-state index in [-0.39, 0.29) is 23.2 Å². The van der Waals surface area contributed by atoms with Crippen molar-refractivity contribution < 1.29 is 18.7 Å². The molecule has 0 unspecified atom stereocenters. The maximum absolute atomic E-state index is 12.7. The number of benzene rings is 2. The lowest BCUT2D eigenvalue weighted by molar-refractivity contribution is -0.122. The van der Waals surface area contributed by atoms with E-state index in [9.17, 15) is 9.59 Å². The Labute approximate surface area is 193 Å². The van der Waals surface area contributed by atoms with Gasteiger partial charge in [-0.05, 0) is 55.0 Å². The molecule has 4 rings (SSSR count). The van der Waals surface area contributed by atoms with E-state index in [0.29, 0.717) is 26.1 Å². The number of hydrogen-bond acceptors (Lipinski definition) is 6. The van der Waals surface area contributed by atoms with Crippen LogP contribution in [0.2, 0.25) is 5.02 Å². The number of rotatable bonds is 5. The normalized spacial score (nSPS) is 15.0. The van der Waals surface area contributed by atoms with Crippen LogP contribution in [0.5, 0.6) is 5.75 Å². The Morgan fingerprint density at radius 2 is 2.00 bits per heavy atom. The number of ether oxygens (including phenoxy) is 1. The van der Waals surface area contributed by atoms with E-state index in [1.165, 1.54) is 16.7 Å². The molecule has 0 N–H and O–H groups in total. The van der Waals surface area contributed by atoms with Crippen molar-refractivity contribution in [3.63, 3.8) is 0 Å². The van der Waals surface area contributed by atoms with Crippen LogP contribution in [0.1, 0.15) is 27.2 Å². The van der Waals surface area contributed by atoms with Crippen molar-refractivity contribution in [1.82, 2.24) is 4.90 Å². The monoisotopic (exact) mass is 469 g/mol. The summed E-state index contributed by atoms with van der Waals surface area (Å²) in [6.07, 6.45) is 3.26. The van der Waals surface area contributed by atoms with Crippen molar-refractivity contribution >= 4 is 57.9 Å². The van der Waals surface area contributed by atoms with Crippen LogP contribution in [0.4, 0.5) is 0 Å². The second-order valence-corrected chi connectivity index (χ2v) is 8.88. The topological polar surface area (TPSA) is 59.8 Å². The molecule has 2 aromatic carbocycles. The van der Waals surface area contributed by atoms with Gasteiger partial charge in [0.15, 0.2) is 0 Å². The fourth-order valence-electron chi connectivity index (χ4n) is 2.88. The zero-order chi connectivity index (χ0) is 22.0. The molecular formula is C23H16ClNO4S2. The molecule has 1 amide bonds. The molecule has 5 nitrogen and oxygen atoms in total. The van der Waals surface area contributed by atoms with Gasteiger partial charge >= 0.3 is 5.97 Å². The molecule has 0 spiro atoms. The zero-order valence-electron chi connectivity index (χ0n) is 16.3. The molecule has 0 aliphatic carbocycles. The van der Waals surface area contributed by atoms with Crippen LogP contribution in [0, 0.1) is 6.92 Å². The van der Waals surface area contributed by atoms with Gasteiger partial charge in [0.05, 0.1) is 28.3 Å². The van der Waals surface area contributed by atoms with Gasteiger partial charge in [-0.1, -0.05) is 59.3 Å². The van der Waals surface area contributed by atoms with Crippen LogP contribution in [0.3, 0.4) is 0 Å².